The van der Waals surface area contributed by atoms with Crippen LogP contribution in [0.1, 0.15) is 12.8 Å². The number of aromatic nitrogens is 2. The fourth-order valence-corrected chi connectivity index (χ4v) is 2.74. The Morgan fingerprint density at radius 3 is 2.57 bits per heavy atom. The third kappa shape index (κ3) is 3.19. The van der Waals surface area contributed by atoms with Crippen molar-refractivity contribution in [1.29, 1.82) is 0 Å². The molecule has 1 saturated heterocycles. The molecule has 1 atom stereocenters. The van der Waals surface area contributed by atoms with Gasteiger partial charge in [0.05, 0.1) is 11.0 Å². The van der Waals surface area contributed by atoms with Gasteiger partial charge in [0, 0.05) is 26.7 Å². The standard InChI is InChI=1S/C15H21N5.ClH/c1-16-14-15(20(2)11-6-5-9-17-10-11)19-13-8-4-3-7-12(13)18-14;/h3-4,7-8,11,17H,5-6,9-10H2,1-2H3,(H,16,18);1H. The molecule has 1 unspecified atom stereocenters. The highest BCUT2D eigenvalue weighted by Gasteiger charge is 2.21. The number of rotatable bonds is 3. The van der Waals surface area contributed by atoms with Gasteiger partial charge < -0.3 is 15.5 Å². The molecule has 1 fully saturated rings. The molecule has 1 aliphatic rings. The molecule has 114 valence electrons. The maximum absolute atomic E-state index is 4.79. The molecule has 21 heavy (non-hydrogen) atoms. The summed E-state index contributed by atoms with van der Waals surface area (Å²) < 4.78 is 0. The first kappa shape index (κ1) is 15.8. The topological polar surface area (TPSA) is 53.1 Å². The van der Waals surface area contributed by atoms with Gasteiger partial charge in [-0.25, -0.2) is 9.97 Å². The molecule has 2 heterocycles. The SMILES string of the molecule is CNc1nc2ccccc2nc1N(C)C1CCCNC1.Cl. The van der Waals surface area contributed by atoms with Gasteiger partial charge in [-0.2, -0.15) is 0 Å². The summed E-state index contributed by atoms with van der Waals surface area (Å²) in [6.07, 6.45) is 2.41. The number of likely N-dealkylation sites (N-methyl/N-ethyl adjacent to an activating group) is 1. The molecule has 0 spiro atoms. The monoisotopic (exact) mass is 307 g/mol. The molecule has 0 radical (unpaired) electrons. The van der Waals surface area contributed by atoms with Crippen molar-refractivity contribution in [3.63, 3.8) is 0 Å². The molecule has 0 amide bonds. The van der Waals surface area contributed by atoms with Crippen LogP contribution in [0, 0.1) is 0 Å². The maximum atomic E-state index is 4.79. The first-order valence-electron chi connectivity index (χ1n) is 7.17. The van der Waals surface area contributed by atoms with Crippen molar-refractivity contribution in [2.75, 3.05) is 37.4 Å². The van der Waals surface area contributed by atoms with E-state index in [1.165, 1.54) is 12.8 Å². The fraction of sp³-hybridized carbons (Fsp3) is 0.467. The lowest BCUT2D eigenvalue weighted by atomic mass is 10.1. The van der Waals surface area contributed by atoms with E-state index in [9.17, 15) is 0 Å². The molecule has 1 aromatic carbocycles. The van der Waals surface area contributed by atoms with Crippen molar-refractivity contribution in [2.24, 2.45) is 0 Å². The number of piperidine rings is 1. The zero-order valence-corrected chi connectivity index (χ0v) is 13.3. The van der Waals surface area contributed by atoms with E-state index in [0.717, 1.165) is 35.8 Å². The highest BCUT2D eigenvalue weighted by atomic mass is 35.5. The molecular weight excluding hydrogens is 286 g/mol. The first-order chi connectivity index (χ1) is 9.79. The first-order valence-corrected chi connectivity index (χ1v) is 7.17. The Morgan fingerprint density at radius 2 is 1.95 bits per heavy atom. The lowest BCUT2D eigenvalue weighted by Crippen LogP contribution is -2.44. The van der Waals surface area contributed by atoms with Crippen LogP contribution < -0.4 is 15.5 Å². The molecule has 6 heteroatoms. The molecule has 0 aliphatic carbocycles. The van der Waals surface area contributed by atoms with E-state index in [0.29, 0.717) is 6.04 Å². The largest absolute Gasteiger partial charge is 0.370 e. The highest BCUT2D eigenvalue weighted by Crippen LogP contribution is 2.26. The average molecular weight is 308 g/mol. The Bertz CT molecular complexity index is 598. The van der Waals surface area contributed by atoms with Crippen LogP contribution in [0.15, 0.2) is 24.3 Å². The van der Waals surface area contributed by atoms with E-state index in [-0.39, 0.29) is 12.4 Å². The number of anilines is 2. The summed E-state index contributed by atoms with van der Waals surface area (Å²) in [5, 5.41) is 6.62. The van der Waals surface area contributed by atoms with Crippen LogP contribution in [0.5, 0.6) is 0 Å². The molecule has 1 aromatic heterocycles. The van der Waals surface area contributed by atoms with E-state index in [4.69, 9.17) is 4.98 Å². The minimum absolute atomic E-state index is 0. The van der Waals surface area contributed by atoms with Gasteiger partial charge in [0.15, 0.2) is 11.6 Å². The number of benzene rings is 1. The van der Waals surface area contributed by atoms with Crippen molar-refractivity contribution in [2.45, 2.75) is 18.9 Å². The predicted molar refractivity (Wildman–Crippen MR) is 90.6 cm³/mol. The van der Waals surface area contributed by atoms with E-state index >= 15 is 0 Å². The number of hydrogen-bond acceptors (Lipinski definition) is 5. The van der Waals surface area contributed by atoms with Gasteiger partial charge in [-0.15, -0.1) is 12.4 Å². The molecule has 2 N–H and O–H groups in total. The second-order valence-electron chi connectivity index (χ2n) is 5.25. The predicted octanol–water partition coefficient (Wildman–Crippen LogP) is 2.28. The Morgan fingerprint density at radius 1 is 1.24 bits per heavy atom. The van der Waals surface area contributed by atoms with Gasteiger partial charge in [0.2, 0.25) is 0 Å². The Balaban J connectivity index is 0.00000161. The van der Waals surface area contributed by atoms with E-state index in [1.807, 2.05) is 31.3 Å². The van der Waals surface area contributed by atoms with Crippen molar-refractivity contribution in [1.82, 2.24) is 15.3 Å². The summed E-state index contributed by atoms with van der Waals surface area (Å²) in [4.78, 5) is 11.7. The smallest absolute Gasteiger partial charge is 0.172 e. The minimum Gasteiger partial charge on any atom is -0.370 e. The second kappa shape index (κ2) is 6.91. The molecule has 0 bridgehead atoms. The molecule has 5 nitrogen and oxygen atoms in total. The number of nitrogens with one attached hydrogen (secondary N) is 2. The molecule has 0 saturated carbocycles. The van der Waals surface area contributed by atoms with Gasteiger partial charge in [-0.05, 0) is 31.5 Å². The molecule has 2 aromatic rings. The normalized spacial score (nSPS) is 18.1. The van der Waals surface area contributed by atoms with Crippen LogP contribution in [-0.2, 0) is 0 Å². The van der Waals surface area contributed by atoms with Crippen LogP contribution in [0.2, 0.25) is 0 Å². The highest BCUT2D eigenvalue weighted by molar-refractivity contribution is 5.85. The fourth-order valence-electron chi connectivity index (χ4n) is 2.74. The summed E-state index contributed by atoms with van der Waals surface area (Å²) in [5.41, 5.74) is 1.87. The van der Waals surface area contributed by atoms with Crippen LogP contribution in [0.4, 0.5) is 11.6 Å². The average Bonchev–Trinajstić information content (AvgIpc) is 2.53. The van der Waals surface area contributed by atoms with Crippen LogP contribution >= 0.6 is 12.4 Å². The lowest BCUT2D eigenvalue weighted by molar-refractivity contribution is 0.443. The third-order valence-corrected chi connectivity index (χ3v) is 3.94. The summed E-state index contributed by atoms with van der Waals surface area (Å²) in [5.74, 6) is 1.77. The van der Waals surface area contributed by atoms with Gasteiger partial charge in [0.25, 0.3) is 0 Å². The summed E-state index contributed by atoms with van der Waals surface area (Å²) in [7, 11) is 4.01. The maximum Gasteiger partial charge on any atom is 0.172 e. The van der Waals surface area contributed by atoms with Crippen molar-refractivity contribution < 1.29 is 0 Å². The summed E-state index contributed by atoms with van der Waals surface area (Å²) in [6.45, 7) is 2.13. The Labute approximate surface area is 131 Å². The van der Waals surface area contributed by atoms with Gasteiger partial charge in [0.1, 0.15) is 0 Å². The molecule has 1 aliphatic heterocycles. The minimum atomic E-state index is 0. The lowest BCUT2D eigenvalue weighted by Gasteiger charge is -2.33. The van der Waals surface area contributed by atoms with Crippen molar-refractivity contribution in [3.8, 4) is 0 Å². The zero-order valence-electron chi connectivity index (χ0n) is 12.5. The van der Waals surface area contributed by atoms with Crippen molar-refractivity contribution >= 4 is 35.1 Å². The molecule has 3 rings (SSSR count). The number of hydrogen-bond donors (Lipinski definition) is 2. The second-order valence-corrected chi connectivity index (χ2v) is 5.25. The number of nitrogens with zero attached hydrogens (tertiary/aromatic N) is 3. The van der Waals surface area contributed by atoms with E-state index in [2.05, 4.69) is 27.6 Å². The third-order valence-electron chi connectivity index (χ3n) is 3.94. The van der Waals surface area contributed by atoms with Crippen LogP contribution in [-0.4, -0.2) is 43.2 Å². The Hall–Kier alpha value is -1.59. The number of para-hydroxylation sites is 2. The van der Waals surface area contributed by atoms with E-state index < -0.39 is 0 Å². The van der Waals surface area contributed by atoms with Crippen molar-refractivity contribution in [3.05, 3.63) is 24.3 Å². The van der Waals surface area contributed by atoms with Gasteiger partial charge in [-0.3, -0.25) is 0 Å². The van der Waals surface area contributed by atoms with E-state index in [1.54, 1.807) is 0 Å². The van der Waals surface area contributed by atoms with Gasteiger partial charge in [-0.1, -0.05) is 12.1 Å². The quantitative estimate of drug-likeness (QED) is 0.911. The number of fused-ring (bicyclic) bond motifs is 1. The number of halogens is 1. The van der Waals surface area contributed by atoms with Crippen LogP contribution in [0.25, 0.3) is 11.0 Å². The summed E-state index contributed by atoms with van der Waals surface area (Å²) >= 11 is 0. The molecular formula is C15H22ClN5. The van der Waals surface area contributed by atoms with Gasteiger partial charge >= 0.3 is 0 Å². The zero-order chi connectivity index (χ0) is 13.9. The Kier molecular flexibility index (Phi) is 5.20. The van der Waals surface area contributed by atoms with Crippen LogP contribution in [0.3, 0.4) is 0 Å². The summed E-state index contributed by atoms with van der Waals surface area (Å²) in [6, 6.07) is 8.48.